The number of hydrogen-bond acceptors (Lipinski definition) is 6. The molecule has 3 aromatic rings. The van der Waals surface area contributed by atoms with E-state index in [0.29, 0.717) is 37.7 Å². The molecule has 0 bridgehead atoms. The van der Waals surface area contributed by atoms with E-state index in [9.17, 15) is 9.59 Å². The van der Waals surface area contributed by atoms with Crippen molar-refractivity contribution in [2.24, 2.45) is 0 Å². The van der Waals surface area contributed by atoms with Gasteiger partial charge in [0.15, 0.2) is 11.5 Å². The Labute approximate surface area is 185 Å². The van der Waals surface area contributed by atoms with Gasteiger partial charge in [-0.15, -0.1) is 0 Å². The Morgan fingerprint density at radius 2 is 1.94 bits per heavy atom. The van der Waals surface area contributed by atoms with Crippen molar-refractivity contribution in [1.82, 2.24) is 9.55 Å². The van der Waals surface area contributed by atoms with Gasteiger partial charge in [-0.2, -0.15) is 0 Å². The molecule has 2 aliphatic heterocycles. The number of carbonyl (C=O) groups is 2. The molecule has 1 amide bonds. The number of anilines is 1. The second kappa shape index (κ2) is 8.18. The van der Waals surface area contributed by atoms with Gasteiger partial charge in [0.2, 0.25) is 5.91 Å². The number of rotatable bonds is 5. The third kappa shape index (κ3) is 3.77. The van der Waals surface area contributed by atoms with E-state index in [1.165, 1.54) is 0 Å². The van der Waals surface area contributed by atoms with Gasteiger partial charge in [0.05, 0.1) is 17.1 Å². The molecule has 166 valence electrons. The van der Waals surface area contributed by atoms with Gasteiger partial charge < -0.3 is 23.7 Å². The van der Waals surface area contributed by atoms with E-state index >= 15 is 0 Å². The summed E-state index contributed by atoms with van der Waals surface area (Å²) in [5.74, 6) is 1.60. The molecule has 1 aromatic heterocycles. The van der Waals surface area contributed by atoms with Gasteiger partial charge in [0.1, 0.15) is 25.6 Å². The Bertz CT molecular complexity index is 1190. The smallest absolute Gasteiger partial charge is 0.326 e. The average Bonchev–Trinajstić information content (AvgIpc) is 3.33. The van der Waals surface area contributed by atoms with Crippen LogP contribution < -0.4 is 14.4 Å². The maximum absolute atomic E-state index is 12.9. The van der Waals surface area contributed by atoms with Gasteiger partial charge in [-0.3, -0.25) is 9.59 Å². The molecule has 5 rings (SSSR count). The topological polar surface area (TPSA) is 82.9 Å². The lowest BCUT2D eigenvalue weighted by atomic mass is 10.1. The minimum atomic E-state index is -0.322. The summed E-state index contributed by atoms with van der Waals surface area (Å²) in [5.41, 5.74) is 2.42. The first kappa shape index (κ1) is 20.4. The summed E-state index contributed by atoms with van der Waals surface area (Å²) in [4.78, 5) is 31.9. The van der Waals surface area contributed by atoms with E-state index in [1.807, 2.05) is 60.9 Å². The van der Waals surface area contributed by atoms with Gasteiger partial charge in [0, 0.05) is 30.6 Å². The second-order valence-electron chi connectivity index (χ2n) is 8.32. The molecule has 0 N–H and O–H groups in total. The monoisotopic (exact) mass is 435 g/mol. The molecule has 0 radical (unpaired) electrons. The molecule has 1 atom stereocenters. The Hall–Kier alpha value is -3.55. The first-order chi connectivity index (χ1) is 15.5. The predicted octanol–water partition coefficient (Wildman–Crippen LogP) is 3.28. The summed E-state index contributed by atoms with van der Waals surface area (Å²) in [6.07, 6.45) is 0.122. The molecule has 8 heteroatoms. The predicted molar refractivity (Wildman–Crippen MR) is 118 cm³/mol. The maximum Gasteiger partial charge on any atom is 0.326 e. The lowest BCUT2D eigenvalue weighted by Crippen LogP contribution is -2.25. The van der Waals surface area contributed by atoms with Crippen LogP contribution in [-0.2, 0) is 20.9 Å². The number of para-hydroxylation sites is 2. The van der Waals surface area contributed by atoms with Crippen LogP contribution in [0.2, 0.25) is 0 Å². The zero-order chi connectivity index (χ0) is 22.2. The number of benzene rings is 2. The molecule has 0 spiro atoms. The lowest BCUT2D eigenvalue weighted by Gasteiger charge is -2.22. The third-order valence-corrected chi connectivity index (χ3v) is 5.67. The standard InChI is InChI=1S/C24H25N3O5/c1-15(2)32-23(29)14-27-19-6-4-3-5-18(19)25-24(27)16-11-22(28)26(13-16)17-7-8-20-21(12-17)31-10-9-30-20/h3-8,12,15-16H,9-11,13-14H2,1-2H3. The molecule has 1 saturated heterocycles. The van der Waals surface area contributed by atoms with Crippen molar-refractivity contribution in [2.75, 3.05) is 24.7 Å². The number of esters is 1. The number of imidazole rings is 1. The molecular weight excluding hydrogens is 410 g/mol. The van der Waals surface area contributed by atoms with Crippen molar-refractivity contribution < 1.29 is 23.8 Å². The Morgan fingerprint density at radius 3 is 2.75 bits per heavy atom. The van der Waals surface area contributed by atoms with Crippen LogP contribution in [-0.4, -0.2) is 47.3 Å². The van der Waals surface area contributed by atoms with Crippen molar-refractivity contribution in [3.05, 3.63) is 48.3 Å². The van der Waals surface area contributed by atoms with E-state index in [2.05, 4.69) is 0 Å². The van der Waals surface area contributed by atoms with Crippen molar-refractivity contribution in [3.63, 3.8) is 0 Å². The fraction of sp³-hybridized carbons (Fsp3) is 0.375. The highest BCUT2D eigenvalue weighted by atomic mass is 16.6. The van der Waals surface area contributed by atoms with Crippen LogP contribution in [0.15, 0.2) is 42.5 Å². The number of nitrogens with zero attached hydrogens (tertiary/aromatic N) is 3. The summed E-state index contributed by atoms with van der Waals surface area (Å²) in [7, 11) is 0. The first-order valence-electron chi connectivity index (χ1n) is 10.8. The molecule has 0 aliphatic carbocycles. The van der Waals surface area contributed by atoms with Crippen LogP contribution in [0.3, 0.4) is 0 Å². The largest absolute Gasteiger partial charge is 0.486 e. The molecule has 2 aromatic carbocycles. The van der Waals surface area contributed by atoms with Gasteiger partial charge in [-0.1, -0.05) is 12.1 Å². The Balaban J connectivity index is 1.45. The quantitative estimate of drug-likeness (QED) is 0.572. The van der Waals surface area contributed by atoms with Crippen molar-refractivity contribution in [1.29, 1.82) is 0 Å². The fourth-order valence-electron chi connectivity index (χ4n) is 4.33. The summed E-state index contributed by atoms with van der Waals surface area (Å²) in [6.45, 7) is 5.19. The minimum absolute atomic E-state index is 0.00930. The number of carbonyl (C=O) groups excluding carboxylic acids is 2. The number of fused-ring (bicyclic) bond motifs is 2. The maximum atomic E-state index is 12.9. The lowest BCUT2D eigenvalue weighted by molar-refractivity contribution is -0.148. The van der Waals surface area contributed by atoms with Crippen LogP contribution in [0.4, 0.5) is 5.69 Å². The zero-order valence-electron chi connectivity index (χ0n) is 18.1. The van der Waals surface area contributed by atoms with Crippen LogP contribution >= 0.6 is 0 Å². The molecule has 1 unspecified atom stereocenters. The van der Waals surface area contributed by atoms with E-state index < -0.39 is 0 Å². The summed E-state index contributed by atoms with van der Waals surface area (Å²) in [6, 6.07) is 13.2. The Morgan fingerprint density at radius 1 is 1.16 bits per heavy atom. The van der Waals surface area contributed by atoms with Gasteiger partial charge in [-0.25, -0.2) is 4.98 Å². The van der Waals surface area contributed by atoms with Gasteiger partial charge >= 0.3 is 5.97 Å². The van der Waals surface area contributed by atoms with Crippen molar-refractivity contribution in [2.45, 2.75) is 38.8 Å². The SMILES string of the molecule is CC(C)OC(=O)Cn1c(C2CC(=O)N(c3ccc4c(c3)OCCO4)C2)nc2ccccc21. The Kier molecular flexibility index (Phi) is 5.20. The molecule has 8 nitrogen and oxygen atoms in total. The van der Waals surface area contributed by atoms with Crippen LogP contribution in [0.5, 0.6) is 11.5 Å². The van der Waals surface area contributed by atoms with Crippen molar-refractivity contribution in [3.8, 4) is 11.5 Å². The molecule has 0 saturated carbocycles. The summed E-state index contributed by atoms with van der Waals surface area (Å²) >= 11 is 0. The molecule has 3 heterocycles. The summed E-state index contributed by atoms with van der Waals surface area (Å²) in [5, 5.41) is 0. The van der Waals surface area contributed by atoms with Crippen LogP contribution in [0.1, 0.15) is 32.0 Å². The number of amides is 1. The number of hydrogen-bond donors (Lipinski definition) is 0. The fourth-order valence-corrected chi connectivity index (χ4v) is 4.33. The van der Waals surface area contributed by atoms with Crippen molar-refractivity contribution >= 4 is 28.6 Å². The number of ether oxygens (including phenoxy) is 3. The average molecular weight is 435 g/mol. The van der Waals surface area contributed by atoms with E-state index in [4.69, 9.17) is 19.2 Å². The number of aromatic nitrogens is 2. The summed E-state index contributed by atoms with van der Waals surface area (Å²) < 4.78 is 18.5. The molecule has 1 fully saturated rings. The van der Waals surface area contributed by atoms with E-state index in [0.717, 1.165) is 22.5 Å². The van der Waals surface area contributed by atoms with Crippen LogP contribution in [0.25, 0.3) is 11.0 Å². The molecule has 32 heavy (non-hydrogen) atoms. The normalized spacial score (nSPS) is 17.9. The van der Waals surface area contributed by atoms with E-state index in [1.54, 1.807) is 4.90 Å². The molecular formula is C24H25N3O5. The highest BCUT2D eigenvalue weighted by Gasteiger charge is 2.35. The zero-order valence-corrected chi connectivity index (χ0v) is 18.1. The highest BCUT2D eigenvalue weighted by molar-refractivity contribution is 5.97. The molecule has 2 aliphatic rings. The van der Waals surface area contributed by atoms with Gasteiger partial charge in [0.25, 0.3) is 0 Å². The van der Waals surface area contributed by atoms with Crippen LogP contribution in [0, 0.1) is 0 Å². The van der Waals surface area contributed by atoms with Gasteiger partial charge in [-0.05, 0) is 38.1 Å². The van der Waals surface area contributed by atoms with E-state index in [-0.39, 0.29) is 30.4 Å². The second-order valence-corrected chi connectivity index (χ2v) is 8.32. The first-order valence-corrected chi connectivity index (χ1v) is 10.8. The minimum Gasteiger partial charge on any atom is -0.486 e. The third-order valence-electron chi connectivity index (χ3n) is 5.67. The highest BCUT2D eigenvalue weighted by Crippen LogP contribution is 2.38.